The Balaban J connectivity index is 1.90. The second-order valence-electron chi connectivity index (χ2n) is 4.20. The van der Waals surface area contributed by atoms with E-state index in [1.807, 2.05) is 0 Å². The van der Waals surface area contributed by atoms with Crippen molar-refractivity contribution in [3.63, 3.8) is 0 Å². The maximum absolute atomic E-state index is 12.9. The molecule has 1 aromatic heterocycles. The Morgan fingerprint density at radius 3 is 2.67 bits per heavy atom. The zero-order valence-corrected chi connectivity index (χ0v) is 11.6. The van der Waals surface area contributed by atoms with E-state index < -0.39 is 0 Å². The van der Waals surface area contributed by atoms with Crippen molar-refractivity contribution in [1.29, 1.82) is 5.41 Å². The van der Waals surface area contributed by atoms with E-state index in [9.17, 15) is 4.39 Å². The first-order valence-electron chi connectivity index (χ1n) is 6.11. The van der Waals surface area contributed by atoms with Gasteiger partial charge in [-0.05, 0) is 42.5 Å². The third-order valence-corrected chi connectivity index (χ3v) is 3.65. The number of azo groups is 1. The van der Waals surface area contributed by atoms with Crippen LogP contribution in [0.5, 0.6) is 0 Å². The van der Waals surface area contributed by atoms with Crippen molar-refractivity contribution in [3.8, 4) is 0 Å². The van der Waals surface area contributed by atoms with Gasteiger partial charge in [0.1, 0.15) is 11.6 Å². The highest BCUT2D eigenvalue weighted by atomic mass is 32.2. The summed E-state index contributed by atoms with van der Waals surface area (Å²) in [5.41, 5.74) is 1.34. The lowest BCUT2D eigenvalue weighted by Crippen LogP contribution is -1.90. The molecule has 4 nitrogen and oxygen atoms in total. The van der Waals surface area contributed by atoms with Crippen molar-refractivity contribution in [2.75, 3.05) is 0 Å². The van der Waals surface area contributed by atoms with Crippen LogP contribution in [0.25, 0.3) is 11.8 Å². The van der Waals surface area contributed by atoms with E-state index in [0.29, 0.717) is 16.4 Å². The first kappa shape index (κ1) is 13.5. The largest absolute Gasteiger partial charge is 0.465 e. The normalized spacial score (nSPS) is 16.9. The molecule has 104 valence electrons. The minimum absolute atomic E-state index is 0.0600. The summed E-state index contributed by atoms with van der Waals surface area (Å²) in [6.45, 7) is 0. The molecule has 0 saturated carbocycles. The summed E-state index contributed by atoms with van der Waals surface area (Å²) in [5.74, 6) is 0.407. The van der Waals surface area contributed by atoms with Gasteiger partial charge in [0.2, 0.25) is 0 Å². The number of furan rings is 1. The highest BCUT2D eigenvalue weighted by Gasteiger charge is 2.12. The van der Waals surface area contributed by atoms with Crippen LogP contribution < -0.4 is 0 Å². The number of nitrogens with one attached hydrogen (secondary N) is 1. The molecule has 0 aliphatic carbocycles. The van der Waals surface area contributed by atoms with Crippen molar-refractivity contribution in [3.05, 3.63) is 70.1 Å². The molecule has 0 fully saturated rings. The third kappa shape index (κ3) is 3.17. The molecule has 0 bridgehead atoms. The Morgan fingerprint density at radius 1 is 1.14 bits per heavy atom. The SMILES string of the molecule is N=C1N=NC(c2ccc(F)cc2)=CS/C1=C/c1ccco1. The summed E-state index contributed by atoms with van der Waals surface area (Å²) >= 11 is 1.33. The summed E-state index contributed by atoms with van der Waals surface area (Å²) < 4.78 is 18.2. The van der Waals surface area contributed by atoms with Crippen molar-refractivity contribution in [1.82, 2.24) is 0 Å². The topological polar surface area (TPSA) is 61.7 Å². The maximum atomic E-state index is 12.9. The van der Waals surface area contributed by atoms with Crippen LogP contribution in [0.4, 0.5) is 4.39 Å². The third-order valence-electron chi connectivity index (χ3n) is 2.75. The zero-order valence-electron chi connectivity index (χ0n) is 10.8. The number of benzene rings is 1. The van der Waals surface area contributed by atoms with Gasteiger partial charge >= 0.3 is 0 Å². The minimum atomic E-state index is -0.302. The molecular weight excluding hydrogens is 289 g/mol. The monoisotopic (exact) mass is 299 g/mol. The molecular formula is C15H10FN3OS. The van der Waals surface area contributed by atoms with Gasteiger partial charge < -0.3 is 4.42 Å². The van der Waals surface area contributed by atoms with Gasteiger partial charge in [0.25, 0.3) is 0 Å². The molecule has 0 amide bonds. The van der Waals surface area contributed by atoms with Crippen LogP contribution in [-0.2, 0) is 0 Å². The second kappa shape index (κ2) is 5.88. The molecule has 2 heterocycles. The average molecular weight is 299 g/mol. The van der Waals surface area contributed by atoms with Crippen molar-refractivity contribution in [2.24, 2.45) is 10.2 Å². The first-order valence-corrected chi connectivity index (χ1v) is 6.99. The molecule has 1 N–H and O–H groups in total. The van der Waals surface area contributed by atoms with E-state index >= 15 is 0 Å². The average Bonchev–Trinajstić information content (AvgIpc) is 2.93. The molecule has 0 atom stereocenters. The molecule has 0 unspecified atom stereocenters. The van der Waals surface area contributed by atoms with Gasteiger partial charge in [-0.3, -0.25) is 5.41 Å². The van der Waals surface area contributed by atoms with Gasteiger partial charge in [0, 0.05) is 11.0 Å². The molecule has 0 spiro atoms. The molecule has 1 aromatic carbocycles. The summed E-state index contributed by atoms with van der Waals surface area (Å²) in [6, 6.07) is 9.57. The number of thioether (sulfide) groups is 1. The smallest absolute Gasteiger partial charge is 0.181 e. The lowest BCUT2D eigenvalue weighted by Gasteiger charge is -1.98. The molecule has 2 aromatic rings. The Kier molecular flexibility index (Phi) is 3.79. The number of hydrogen-bond acceptors (Lipinski definition) is 4. The quantitative estimate of drug-likeness (QED) is 0.854. The van der Waals surface area contributed by atoms with Crippen LogP contribution in [-0.4, -0.2) is 5.84 Å². The van der Waals surface area contributed by atoms with E-state index in [2.05, 4.69) is 10.2 Å². The van der Waals surface area contributed by atoms with Crippen LogP contribution >= 0.6 is 11.8 Å². The van der Waals surface area contributed by atoms with E-state index in [1.165, 1.54) is 23.9 Å². The molecule has 0 saturated heterocycles. The van der Waals surface area contributed by atoms with Gasteiger partial charge in [0.15, 0.2) is 5.84 Å². The molecule has 0 radical (unpaired) electrons. The van der Waals surface area contributed by atoms with Gasteiger partial charge in [0.05, 0.1) is 16.9 Å². The van der Waals surface area contributed by atoms with E-state index in [4.69, 9.17) is 9.83 Å². The fraction of sp³-hybridized carbons (Fsp3) is 0. The van der Waals surface area contributed by atoms with Crippen LogP contribution in [0, 0.1) is 11.2 Å². The Labute approximate surface area is 124 Å². The molecule has 1 aliphatic heterocycles. The van der Waals surface area contributed by atoms with Gasteiger partial charge in [-0.25, -0.2) is 4.39 Å². The van der Waals surface area contributed by atoms with Crippen LogP contribution in [0.1, 0.15) is 11.3 Å². The molecule has 3 rings (SSSR count). The van der Waals surface area contributed by atoms with Gasteiger partial charge in [-0.15, -0.1) is 10.2 Å². The van der Waals surface area contributed by atoms with Crippen LogP contribution in [0.15, 0.2) is 67.6 Å². The number of nitrogens with zero attached hydrogens (tertiary/aromatic N) is 2. The first-order chi connectivity index (χ1) is 10.2. The Hall–Kier alpha value is -2.47. The summed E-state index contributed by atoms with van der Waals surface area (Å²) in [6.07, 6.45) is 3.30. The van der Waals surface area contributed by atoms with Crippen LogP contribution in [0.3, 0.4) is 0 Å². The second-order valence-corrected chi connectivity index (χ2v) is 5.11. The molecule has 6 heteroatoms. The van der Waals surface area contributed by atoms with Crippen molar-refractivity contribution in [2.45, 2.75) is 0 Å². The highest BCUT2D eigenvalue weighted by Crippen LogP contribution is 2.31. The molecule has 1 aliphatic rings. The van der Waals surface area contributed by atoms with E-state index in [-0.39, 0.29) is 11.7 Å². The predicted octanol–water partition coefficient (Wildman–Crippen LogP) is 4.93. The fourth-order valence-electron chi connectivity index (χ4n) is 1.70. The highest BCUT2D eigenvalue weighted by molar-refractivity contribution is 8.07. The predicted molar refractivity (Wildman–Crippen MR) is 81.2 cm³/mol. The minimum Gasteiger partial charge on any atom is -0.465 e. The van der Waals surface area contributed by atoms with Crippen LogP contribution in [0.2, 0.25) is 0 Å². The fourth-order valence-corrected chi connectivity index (χ4v) is 2.46. The lowest BCUT2D eigenvalue weighted by molar-refractivity contribution is 0.557. The van der Waals surface area contributed by atoms with E-state index in [1.54, 1.807) is 42.0 Å². The lowest BCUT2D eigenvalue weighted by atomic mass is 10.2. The van der Waals surface area contributed by atoms with Gasteiger partial charge in [-0.1, -0.05) is 11.8 Å². The zero-order chi connectivity index (χ0) is 14.7. The summed E-state index contributed by atoms with van der Waals surface area (Å²) in [7, 11) is 0. The molecule has 21 heavy (non-hydrogen) atoms. The van der Waals surface area contributed by atoms with Crippen molar-refractivity contribution >= 4 is 29.4 Å². The van der Waals surface area contributed by atoms with E-state index in [0.717, 1.165) is 5.56 Å². The summed E-state index contributed by atoms with van der Waals surface area (Å²) in [5, 5.41) is 17.6. The van der Waals surface area contributed by atoms with Crippen molar-refractivity contribution < 1.29 is 8.81 Å². The standard InChI is InChI=1S/C15H10FN3OS/c16-11-5-3-10(4-6-11)13-9-21-14(15(17)19-18-13)8-12-2-1-7-20-12/h1-9,17H/b14-8+,17-15?. The number of rotatable bonds is 2. The summed E-state index contributed by atoms with van der Waals surface area (Å²) in [4.78, 5) is 0.630. The maximum Gasteiger partial charge on any atom is 0.181 e. The van der Waals surface area contributed by atoms with Gasteiger partial charge in [-0.2, -0.15) is 0 Å². The number of hydrogen-bond donors (Lipinski definition) is 1. The Bertz CT molecular complexity index is 746. The number of halogens is 1. The Morgan fingerprint density at radius 2 is 1.95 bits per heavy atom. The number of amidine groups is 1.